The molecule has 1 N–H and O–H groups in total. The van der Waals surface area contributed by atoms with Gasteiger partial charge in [-0.3, -0.25) is 0 Å². The van der Waals surface area contributed by atoms with E-state index in [1.165, 1.54) is 0 Å². The molecule has 0 radical (unpaired) electrons. The van der Waals surface area contributed by atoms with Crippen molar-refractivity contribution >= 4 is 34.2 Å². The van der Waals surface area contributed by atoms with E-state index in [2.05, 4.69) is 5.32 Å². The Labute approximate surface area is 119 Å². The predicted octanol–water partition coefficient (Wildman–Crippen LogP) is 1.42. The highest BCUT2D eigenvalue weighted by Crippen LogP contribution is 2.21. The summed E-state index contributed by atoms with van der Waals surface area (Å²) >= 11 is 1.55. The Morgan fingerprint density at radius 2 is 1.94 bits per heavy atom. The Hall–Kier alpha value is -0.270. The van der Waals surface area contributed by atoms with Gasteiger partial charge in [-0.15, -0.1) is 24.2 Å². The highest BCUT2D eigenvalue weighted by Gasteiger charge is 2.25. The Bertz CT molecular complexity index is 488. The molecule has 0 atom stereocenters. The first-order chi connectivity index (χ1) is 8.14. The molecule has 0 unspecified atom stereocenters. The van der Waals surface area contributed by atoms with Crippen LogP contribution in [0.4, 0.5) is 0 Å². The molecule has 1 aromatic rings. The van der Waals surface area contributed by atoms with Crippen LogP contribution in [0.1, 0.15) is 0 Å². The van der Waals surface area contributed by atoms with Crippen molar-refractivity contribution in [3.05, 3.63) is 24.3 Å². The molecule has 102 valence electrons. The largest absolute Gasteiger partial charge is 0.314 e. The molecule has 0 aliphatic carbocycles. The van der Waals surface area contributed by atoms with Crippen molar-refractivity contribution in [3.63, 3.8) is 0 Å². The molecular weight excluding hydrogens is 292 g/mol. The topological polar surface area (TPSA) is 49.4 Å². The van der Waals surface area contributed by atoms with E-state index in [-0.39, 0.29) is 12.4 Å². The fraction of sp³-hybridized carbons (Fsp3) is 0.455. The average molecular weight is 309 g/mol. The first-order valence-corrected chi connectivity index (χ1v) is 8.16. The van der Waals surface area contributed by atoms with Gasteiger partial charge >= 0.3 is 0 Å². The third-order valence-corrected chi connectivity index (χ3v) is 5.37. The Kier molecular flexibility index (Phi) is 5.94. The van der Waals surface area contributed by atoms with Crippen LogP contribution in [0.15, 0.2) is 34.1 Å². The molecule has 1 fully saturated rings. The molecule has 0 spiro atoms. The van der Waals surface area contributed by atoms with Gasteiger partial charge in [0.05, 0.1) is 4.90 Å². The van der Waals surface area contributed by atoms with E-state index >= 15 is 0 Å². The number of sulfonamides is 1. The monoisotopic (exact) mass is 308 g/mol. The lowest BCUT2D eigenvalue weighted by Gasteiger charge is -2.26. The number of hydrogen-bond donors (Lipinski definition) is 1. The molecule has 0 bridgehead atoms. The van der Waals surface area contributed by atoms with Crippen LogP contribution in [0.25, 0.3) is 0 Å². The summed E-state index contributed by atoms with van der Waals surface area (Å²) in [6.07, 6.45) is 1.94. The average Bonchev–Trinajstić information content (AvgIpc) is 2.40. The van der Waals surface area contributed by atoms with E-state index in [4.69, 9.17) is 0 Å². The second kappa shape index (κ2) is 6.77. The molecule has 1 aliphatic rings. The molecule has 1 aliphatic heterocycles. The summed E-state index contributed by atoms with van der Waals surface area (Å²) in [6.45, 7) is 2.54. The lowest BCUT2D eigenvalue weighted by molar-refractivity contribution is 0.360. The molecule has 0 aromatic heterocycles. The fourth-order valence-corrected chi connectivity index (χ4v) is 3.82. The highest BCUT2D eigenvalue weighted by atomic mass is 35.5. The molecule has 1 heterocycles. The molecular formula is C11H17ClN2O2S2. The molecule has 2 rings (SSSR count). The number of hydrogen-bond acceptors (Lipinski definition) is 4. The summed E-state index contributed by atoms with van der Waals surface area (Å²) in [5.74, 6) is 0. The van der Waals surface area contributed by atoms with Crippen LogP contribution in [0, 0.1) is 0 Å². The summed E-state index contributed by atoms with van der Waals surface area (Å²) in [5, 5.41) is 3.15. The number of thioether (sulfide) groups is 1. The zero-order chi connectivity index (χ0) is 12.3. The summed E-state index contributed by atoms with van der Waals surface area (Å²) in [7, 11) is -3.31. The van der Waals surface area contributed by atoms with Crippen molar-refractivity contribution in [1.82, 2.24) is 9.62 Å². The zero-order valence-corrected chi connectivity index (χ0v) is 12.6. The molecule has 7 heteroatoms. The van der Waals surface area contributed by atoms with Gasteiger partial charge in [0.25, 0.3) is 0 Å². The van der Waals surface area contributed by atoms with Crippen molar-refractivity contribution in [2.45, 2.75) is 9.79 Å². The van der Waals surface area contributed by atoms with Crippen molar-refractivity contribution in [1.29, 1.82) is 0 Å². The minimum atomic E-state index is -3.31. The molecule has 4 nitrogen and oxygen atoms in total. The summed E-state index contributed by atoms with van der Waals surface area (Å²) < 4.78 is 26.2. The maximum absolute atomic E-state index is 12.3. The highest BCUT2D eigenvalue weighted by molar-refractivity contribution is 7.98. The van der Waals surface area contributed by atoms with E-state index < -0.39 is 10.0 Å². The molecule has 1 saturated heterocycles. The number of benzene rings is 1. The third-order valence-electron chi connectivity index (χ3n) is 2.75. The third kappa shape index (κ3) is 3.39. The SMILES string of the molecule is CSc1cccc(S(=O)(=O)N2CCNCC2)c1.Cl. The molecule has 1 aromatic carbocycles. The van der Waals surface area contributed by atoms with Crippen LogP contribution < -0.4 is 5.32 Å². The van der Waals surface area contributed by atoms with Crippen molar-refractivity contribution in [2.75, 3.05) is 32.4 Å². The first kappa shape index (κ1) is 15.8. The zero-order valence-electron chi connectivity index (χ0n) is 10.1. The number of piperazine rings is 1. The minimum Gasteiger partial charge on any atom is -0.314 e. The van der Waals surface area contributed by atoms with Crippen LogP contribution >= 0.6 is 24.2 Å². The van der Waals surface area contributed by atoms with Crippen molar-refractivity contribution in [3.8, 4) is 0 Å². The molecule has 0 saturated carbocycles. The van der Waals surface area contributed by atoms with Gasteiger partial charge in [-0.2, -0.15) is 4.31 Å². The van der Waals surface area contributed by atoms with Crippen LogP contribution in [-0.4, -0.2) is 45.2 Å². The van der Waals surface area contributed by atoms with Crippen LogP contribution in [0.5, 0.6) is 0 Å². The summed E-state index contributed by atoms with van der Waals surface area (Å²) in [5.41, 5.74) is 0. The first-order valence-electron chi connectivity index (χ1n) is 5.49. The Balaban J connectivity index is 0.00000162. The molecule has 0 amide bonds. The second-order valence-corrected chi connectivity index (χ2v) is 6.65. The van der Waals surface area contributed by atoms with E-state index in [1.54, 1.807) is 34.3 Å². The van der Waals surface area contributed by atoms with Gasteiger partial charge in [-0.1, -0.05) is 6.07 Å². The fourth-order valence-electron chi connectivity index (χ4n) is 1.80. The number of nitrogens with one attached hydrogen (secondary N) is 1. The van der Waals surface area contributed by atoms with E-state index in [0.29, 0.717) is 18.0 Å². The molecule has 18 heavy (non-hydrogen) atoms. The summed E-state index contributed by atoms with van der Waals surface area (Å²) in [6, 6.07) is 7.11. The quantitative estimate of drug-likeness (QED) is 0.858. The lowest BCUT2D eigenvalue weighted by atomic mass is 10.4. The van der Waals surface area contributed by atoms with E-state index in [9.17, 15) is 8.42 Å². The summed E-state index contributed by atoms with van der Waals surface area (Å²) in [4.78, 5) is 1.37. The number of halogens is 1. The van der Waals surface area contributed by atoms with E-state index in [1.807, 2.05) is 12.3 Å². The maximum Gasteiger partial charge on any atom is 0.243 e. The Morgan fingerprint density at radius 3 is 2.56 bits per heavy atom. The van der Waals surface area contributed by atoms with Gasteiger partial charge < -0.3 is 5.32 Å². The van der Waals surface area contributed by atoms with Gasteiger partial charge in [0.15, 0.2) is 0 Å². The minimum absolute atomic E-state index is 0. The van der Waals surface area contributed by atoms with E-state index in [0.717, 1.165) is 18.0 Å². The van der Waals surface area contributed by atoms with Gasteiger partial charge in [0.2, 0.25) is 10.0 Å². The van der Waals surface area contributed by atoms with Crippen LogP contribution in [0.2, 0.25) is 0 Å². The van der Waals surface area contributed by atoms with Gasteiger partial charge in [0, 0.05) is 31.1 Å². The van der Waals surface area contributed by atoms with Crippen LogP contribution in [-0.2, 0) is 10.0 Å². The Morgan fingerprint density at radius 1 is 1.28 bits per heavy atom. The van der Waals surface area contributed by atoms with Crippen LogP contribution in [0.3, 0.4) is 0 Å². The smallest absolute Gasteiger partial charge is 0.243 e. The maximum atomic E-state index is 12.3. The number of rotatable bonds is 3. The number of nitrogens with zero attached hydrogens (tertiary/aromatic N) is 1. The van der Waals surface area contributed by atoms with Crippen molar-refractivity contribution in [2.24, 2.45) is 0 Å². The predicted molar refractivity (Wildman–Crippen MR) is 77.1 cm³/mol. The van der Waals surface area contributed by atoms with Gasteiger partial charge in [-0.05, 0) is 24.5 Å². The normalized spacial score (nSPS) is 17.2. The van der Waals surface area contributed by atoms with Gasteiger partial charge in [0.1, 0.15) is 0 Å². The lowest BCUT2D eigenvalue weighted by Crippen LogP contribution is -2.46. The standard InChI is InChI=1S/C11H16N2O2S2.ClH/c1-16-10-3-2-4-11(9-10)17(14,15)13-7-5-12-6-8-13;/h2-4,9,12H,5-8H2,1H3;1H. The second-order valence-electron chi connectivity index (χ2n) is 3.83. The van der Waals surface area contributed by atoms with Gasteiger partial charge in [-0.25, -0.2) is 8.42 Å². The van der Waals surface area contributed by atoms with Crippen molar-refractivity contribution < 1.29 is 8.42 Å².